The van der Waals surface area contributed by atoms with E-state index >= 15 is 0 Å². The molecule has 42 heavy (non-hydrogen) atoms. The van der Waals surface area contributed by atoms with E-state index < -0.39 is 22.0 Å². The lowest BCUT2D eigenvalue weighted by molar-refractivity contribution is -0.134. The topological polar surface area (TPSA) is 151 Å². The van der Waals surface area contributed by atoms with Crippen LogP contribution in [-0.2, 0) is 39.5 Å². The molecule has 0 saturated carbocycles. The number of nitrogens with zero attached hydrogens (tertiary/aromatic N) is 3. The molecule has 12 heteroatoms. The summed E-state index contributed by atoms with van der Waals surface area (Å²) in [5.41, 5.74) is 4.14. The SMILES string of the molecule is Cn1cnc(S(=O)(=O)NCCOc2ccc3c(c2)[C@@H](Cc2ccccc2)[C@@H](N2CCC2)CC3)c1.O=C(O)C=CC(=O)O. The van der Waals surface area contributed by atoms with E-state index in [0.29, 0.717) is 24.1 Å². The Balaban J connectivity index is 0.000000446. The first-order chi connectivity index (χ1) is 20.1. The van der Waals surface area contributed by atoms with E-state index in [0.717, 1.165) is 18.6 Å². The predicted octanol–water partition coefficient (Wildman–Crippen LogP) is 2.84. The van der Waals surface area contributed by atoms with Gasteiger partial charge in [-0.15, -0.1) is 0 Å². The highest BCUT2D eigenvalue weighted by atomic mass is 32.2. The molecular formula is C30H36N4O7S. The van der Waals surface area contributed by atoms with Gasteiger partial charge in [0.1, 0.15) is 12.4 Å². The van der Waals surface area contributed by atoms with Crippen molar-refractivity contribution in [1.82, 2.24) is 19.2 Å². The zero-order valence-electron chi connectivity index (χ0n) is 23.4. The van der Waals surface area contributed by atoms with Crippen molar-refractivity contribution in [2.24, 2.45) is 7.05 Å². The van der Waals surface area contributed by atoms with Crippen molar-refractivity contribution in [3.05, 3.63) is 89.9 Å². The summed E-state index contributed by atoms with van der Waals surface area (Å²) in [4.78, 5) is 25.7. The van der Waals surface area contributed by atoms with Crippen molar-refractivity contribution >= 4 is 22.0 Å². The smallest absolute Gasteiger partial charge is 0.328 e. The third-order valence-electron chi connectivity index (χ3n) is 7.34. The first kappa shape index (κ1) is 30.9. The fraction of sp³-hybridized carbons (Fsp3) is 0.367. The molecule has 2 heterocycles. The number of aromatic nitrogens is 2. The molecule has 5 rings (SSSR count). The second-order valence-electron chi connectivity index (χ2n) is 10.3. The minimum absolute atomic E-state index is 0.0181. The minimum atomic E-state index is -3.63. The number of sulfonamides is 1. The Hall–Kier alpha value is -4.00. The second-order valence-corrected chi connectivity index (χ2v) is 12.0. The molecule has 0 bridgehead atoms. The Bertz CT molecular complexity index is 1480. The molecular weight excluding hydrogens is 560 g/mol. The number of likely N-dealkylation sites (tertiary alicyclic amines) is 1. The van der Waals surface area contributed by atoms with E-state index in [-0.39, 0.29) is 18.2 Å². The number of benzene rings is 2. The van der Waals surface area contributed by atoms with E-state index in [4.69, 9.17) is 14.9 Å². The highest BCUT2D eigenvalue weighted by molar-refractivity contribution is 7.89. The average Bonchev–Trinajstić information content (AvgIpc) is 3.38. The first-order valence-electron chi connectivity index (χ1n) is 13.8. The van der Waals surface area contributed by atoms with Gasteiger partial charge in [0.25, 0.3) is 10.0 Å². The van der Waals surface area contributed by atoms with Gasteiger partial charge in [0.05, 0.1) is 6.33 Å². The van der Waals surface area contributed by atoms with E-state index in [9.17, 15) is 18.0 Å². The van der Waals surface area contributed by atoms with Gasteiger partial charge in [-0.1, -0.05) is 36.4 Å². The van der Waals surface area contributed by atoms with Gasteiger partial charge >= 0.3 is 11.9 Å². The molecule has 3 N–H and O–H groups in total. The van der Waals surface area contributed by atoms with Crippen LogP contribution in [0.2, 0.25) is 0 Å². The summed E-state index contributed by atoms with van der Waals surface area (Å²) in [7, 11) is -1.89. The van der Waals surface area contributed by atoms with E-state index in [1.165, 1.54) is 55.1 Å². The Labute approximate surface area is 245 Å². The van der Waals surface area contributed by atoms with Crippen LogP contribution in [0.4, 0.5) is 0 Å². The minimum Gasteiger partial charge on any atom is -0.492 e. The standard InChI is InChI=1S/C26H32N4O3S.C4H4O4/c1-29-18-26(27-19-29)34(31,32)28-12-15-33-22-10-8-21-9-11-25(30-13-5-14-30)24(23(21)17-22)16-20-6-3-2-4-7-20;5-3(6)1-2-4(7)8/h2-4,6-8,10,17-19,24-25,28H,5,9,11-16H2,1H3;1-2H,(H,5,6)(H,7,8)/t24-,25+;/m1./s1. The van der Waals surface area contributed by atoms with Gasteiger partial charge in [-0.05, 0) is 67.6 Å². The number of imidazole rings is 1. The van der Waals surface area contributed by atoms with Crippen LogP contribution in [0.15, 0.2) is 78.2 Å². The number of nitrogens with one attached hydrogen (secondary N) is 1. The lowest BCUT2D eigenvalue weighted by Gasteiger charge is -2.45. The summed E-state index contributed by atoms with van der Waals surface area (Å²) in [6, 6.07) is 17.7. The number of carbonyl (C=O) groups is 2. The van der Waals surface area contributed by atoms with Crippen molar-refractivity contribution in [1.29, 1.82) is 0 Å². The highest BCUT2D eigenvalue weighted by Crippen LogP contribution is 2.40. The zero-order valence-corrected chi connectivity index (χ0v) is 24.2. The molecule has 1 fully saturated rings. The summed E-state index contributed by atoms with van der Waals surface area (Å²) in [5, 5.41) is 15.6. The zero-order chi connectivity index (χ0) is 30.1. The summed E-state index contributed by atoms with van der Waals surface area (Å²) in [6.45, 7) is 2.82. The molecule has 0 radical (unpaired) electrons. The average molecular weight is 597 g/mol. The van der Waals surface area contributed by atoms with Gasteiger partial charge in [-0.25, -0.2) is 27.7 Å². The number of hydrogen-bond donors (Lipinski definition) is 3. The summed E-state index contributed by atoms with van der Waals surface area (Å²) >= 11 is 0. The molecule has 2 atom stereocenters. The number of carboxylic acids is 2. The molecule has 1 saturated heterocycles. The molecule has 2 aromatic carbocycles. The van der Waals surface area contributed by atoms with Crippen LogP contribution in [0.3, 0.4) is 0 Å². The molecule has 224 valence electrons. The fourth-order valence-electron chi connectivity index (χ4n) is 5.26. The van der Waals surface area contributed by atoms with Gasteiger partial charge in [0.2, 0.25) is 0 Å². The number of hydrogen-bond acceptors (Lipinski definition) is 7. The monoisotopic (exact) mass is 596 g/mol. The quantitative estimate of drug-likeness (QED) is 0.224. The molecule has 3 aromatic rings. The van der Waals surface area contributed by atoms with Crippen molar-refractivity contribution in [2.45, 2.75) is 42.7 Å². The van der Waals surface area contributed by atoms with Crippen LogP contribution in [0.1, 0.15) is 35.4 Å². The molecule has 1 aliphatic heterocycles. The van der Waals surface area contributed by atoms with Crippen molar-refractivity contribution < 1.29 is 33.0 Å². The third kappa shape index (κ3) is 8.51. The Morgan fingerprint density at radius 3 is 2.40 bits per heavy atom. The normalized spacial score (nSPS) is 18.4. The summed E-state index contributed by atoms with van der Waals surface area (Å²) in [6.07, 6.45) is 8.66. The van der Waals surface area contributed by atoms with Gasteiger partial charge in [-0.3, -0.25) is 4.90 Å². The number of aliphatic carboxylic acids is 2. The molecule has 11 nitrogen and oxygen atoms in total. The van der Waals surface area contributed by atoms with E-state index in [1.807, 2.05) is 6.07 Å². The Morgan fingerprint density at radius 1 is 1.10 bits per heavy atom. The van der Waals surface area contributed by atoms with Crippen LogP contribution in [0, 0.1) is 0 Å². The maximum Gasteiger partial charge on any atom is 0.328 e. The number of rotatable bonds is 11. The lowest BCUT2D eigenvalue weighted by Crippen LogP contribution is -2.49. The first-order valence-corrected chi connectivity index (χ1v) is 15.3. The maximum absolute atomic E-state index is 12.4. The second kappa shape index (κ2) is 14.3. The fourth-order valence-corrected chi connectivity index (χ4v) is 6.25. The van der Waals surface area contributed by atoms with Crippen LogP contribution < -0.4 is 9.46 Å². The molecule has 0 spiro atoms. The maximum atomic E-state index is 12.4. The number of ether oxygens (including phenoxy) is 1. The van der Waals surface area contributed by atoms with Crippen LogP contribution in [0.5, 0.6) is 5.75 Å². The molecule has 0 unspecified atom stereocenters. The van der Waals surface area contributed by atoms with Gasteiger partial charge in [-0.2, -0.15) is 0 Å². The molecule has 2 aliphatic rings. The van der Waals surface area contributed by atoms with Gasteiger partial charge in [0, 0.05) is 43.9 Å². The molecule has 1 aromatic heterocycles. The van der Waals surface area contributed by atoms with Crippen LogP contribution >= 0.6 is 0 Å². The Morgan fingerprint density at radius 2 is 1.81 bits per heavy atom. The lowest BCUT2D eigenvalue weighted by atomic mass is 9.75. The number of fused-ring (bicyclic) bond motifs is 1. The summed E-state index contributed by atoms with van der Waals surface area (Å²) in [5.74, 6) is -1.30. The van der Waals surface area contributed by atoms with Crippen molar-refractivity contribution in [3.63, 3.8) is 0 Å². The van der Waals surface area contributed by atoms with Gasteiger partial charge in [0.15, 0.2) is 5.03 Å². The van der Waals surface area contributed by atoms with E-state index in [1.54, 1.807) is 11.6 Å². The third-order valence-corrected chi connectivity index (χ3v) is 8.68. The predicted molar refractivity (Wildman–Crippen MR) is 156 cm³/mol. The van der Waals surface area contributed by atoms with Crippen molar-refractivity contribution in [2.75, 3.05) is 26.2 Å². The molecule has 1 aliphatic carbocycles. The number of aryl methyl sites for hydroxylation is 2. The summed E-state index contributed by atoms with van der Waals surface area (Å²) < 4.78 is 34.9. The Kier molecular flexibility index (Phi) is 10.5. The largest absolute Gasteiger partial charge is 0.492 e. The highest BCUT2D eigenvalue weighted by Gasteiger charge is 2.36. The number of carboxylic acid groups (broad SMARTS) is 2. The van der Waals surface area contributed by atoms with E-state index in [2.05, 4.69) is 57.1 Å². The van der Waals surface area contributed by atoms with Gasteiger partial charge < -0.3 is 19.5 Å². The van der Waals surface area contributed by atoms with Crippen molar-refractivity contribution in [3.8, 4) is 5.75 Å². The molecule has 0 amide bonds. The van der Waals surface area contributed by atoms with Crippen LogP contribution in [0.25, 0.3) is 0 Å². The van der Waals surface area contributed by atoms with Crippen LogP contribution in [-0.4, -0.2) is 77.3 Å².